The Kier molecular flexibility index (Phi) is 12.3. The standard InChI is InChI=1S/C33H43F2N7O7/c1-32(2,3)48-25(43)16-13-22(30(45)49-33(4,5)6)38-20-11-9-19(10-12-20)18-41(23-14-15-24(42(46)47)27(35)26(23)34)17-7-8-21-28(36)39-31(37)40-29(21)44/h9-12,14-15,22,38H,7-8,13,16-18H2,1-6H3,(H5,36,37,39,40,44). The molecule has 266 valence electrons. The number of nitrogen functional groups attached to an aromatic ring is 2. The molecule has 1 heterocycles. The Bertz CT molecular complexity index is 1720. The number of rotatable bonds is 14. The lowest BCUT2D eigenvalue weighted by molar-refractivity contribution is -0.387. The predicted molar refractivity (Wildman–Crippen MR) is 181 cm³/mol. The van der Waals surface area contributed by atoms with Crippen molar-refractivity contribution in [1.29, 1.82) is 0 Å². The van der Waals surface area contributed by atoms with Crippen molar-refractivity contribution in [3.63, 3.8) is 0 Å². The van der Waals surface area contributed by atoms with Crippen molar-refractivity contribution < 1.29 is 32.8 Å². The van der Waals surface area contributed by atoms with E-state index in [2.05, 4.69) is 15.3 Å². The fourth-order valence-corrected chi connectivity index (χ4v) is 4.83. The van der Waals surface area contributed by atoms with Gasteiger partial charge in [-0.15, -0.1) is 0 Å². The maximum atomic E-state index is 15.2. The van der Waals surface area contributed by atoms with E-state index in [9.17, 15) is 28.9 Å². The van der Waals surface area contributed by atoms with E-state index in [0.29, 0.717) is 11.3 Å². The molecule has 14 nitrogen and oxygen atoms in total. The number of carbonyl (C=O) groups excluding carboxylic acids is 2. The van der Waals surface area contributed by atoms with Crippen LogP contribution in [0.1, 0.15) is 71.9 Å². The molecule has 49 heavy (non-hydrogen) atoms. The Morgan fingerprint density at radius 3 is 2.22 bits per heavy atom. The molecule has 2 aromatic carbocycles. The number of carbonyl (C=O) groups is 2. The first-order valence-electron chi connectivity index (χ1n) is 15.6. The van der Waals surface area contributed by atoms with Gasteiger partial charge in [0.05, 0.1) is 16.2 Å². The molecule has 0 aliphatic heterocycles. The van der Waals surface area contributed by atoms with Crippen LogP contribution in [0, 0.1) is 21.7 Å². The van der Waals surface area contributed by atoms with Crippen LogP contribution < -0.4 is 27.2 Å². The summed E-state index contributed by atoms with van der Waals surface area (Å²) >= 11 is 0. The molecule has 16 heteroatoms. The highest BCUT2D eigenvalue weighted by Crippen LogP contribution is 2.30. The third kappa shape index (κ3) is 11.4. The fraction of sp³-hybridized carbons (Fsp3) is 0.455. The first kappa shape index (κ1) is 38.2. The van der Waals surface area contributed by atoms with Crippen molar-refractivity contribution in [3.8, 4) is 0 Å². The first-order chi connectivity index (χ1) is 22.7. The number of nitro groups is 1. The Hall–Kier alpha value is -5.28. The van der Waals surface area contributed by atoms with Crippen LogP contribution in [0.25, 0.3) is 0 Å². The number of aromatic nitrogens is 2. The van der Waals surface area contributed by atoms with E-state index in [4.69, 9.17) is 20.9 Å². The lowest BCUT2D eigenvalue weighted by Gasteiger charge is -2.27. The van der Waals surface area contributed by atoms with Gasteiger partial charge in [-0.25, -0.2) is 9.18 Å². The predicted octanol–water partition coefficient (Wildman–Crippen LogP) is 5.00. The molecular weight excluding hydrogens is 644 g/mol. The van der Waals surface area contributed by atoms with Gasteiger partial charge in [-0.05, 0) is 84.6 Å². The van der Waals surface area contributed by atoms with Gasteiger partial charge in [0.25, 0.3) is 5.56 Å². The molecule has 0 aliphatic carbocycles. The van der Waals surface area contributed by atoms with Crippen LogP contribution in [-0.2, 0) is 32.0 Å². The number of hydrogen-bond acceptors (Lipinski definition) is 12. The van der Waals surface area contributed by atoms with Gasteiger partial charge in [-0.1, -0.05) is 12.1 Å². The average Bonchev–Trinajstić information content (AvgIpc) is 2.96. The van der Waals surface area contributed by atoms with Crippen molar-refractivity contribution in [2.75, 3.05) is 28.2 Å². The van der Waals surface area contributed by atoms with E-state index >= 15 is 4.39 Å². The first-order valence-corrected chi connectivity index (χ1v) is 15.6. The highest BCUT2D eigenvalue weighted by molar-refractivity contribution is 5.81. The summed E-state index contributed by atoms with van der Waals surface area (Å²) in [4.78, 5) is 55.6. The number of nitrogens with two attached hydrogens (primary N) is 2. The number of esters is 2. The molecule has 0 saturated carbocycles. The van der Waals surface area contributed by atoms with Gasteiger partial charge in [0.2, 0.25) is 11.8 Å². The van der Waals surface area contributed by atoms with E-state index in [1.165, 1.54) is 4.90 Å². The van der Waals surface area contributed by atoms with Gasteiger partial charge in [-0.3, -0.25) is 24.7 Å². The maximum Gasteiger partial charge on any atom is 0.329 e. The summed E-state index contributed by atoms with van der Waals surface area (Å²) in [6, 6.07) is 7.85. The third-order valence-corrected chi connectivity index (χ3v) is 6.92. The van der Waals surface area contributed by atoms with Crippen LogP contribution in [0.2, 0.25) is 0 Å². The summed E-state index contributed by atoms with van der Waals surface area (Å²) in [5.41, 5.74) is 9.51. The number of ether oxygens (including phenoxy) is 2. The molecular formula is C33H43F2N7O7. The molecule has 0 radical (unpaired) electrons. The second-order valence-electron chi connectivity index (χ2n) is 13.4. The summed E-state index contributed by atoms with van der Waals surface area (Å²) in [5, 5.41) is 14.3. The molecule has 0 saturated heterocycles. The lowest BCUT2D eigenvalue weighted by atomic mass is 10.1. The minimum absolute atomic E-state index is 0.0361. The second kappa shape index (κ2) is 15.7. The van der Waals surface area contributed by atoms with Crippen molar-refractivity contribution in [3.05, 3.63) is 79.6 Å². The molecule has 3 aromatic rings. The second-order valence-corrected chi connectivity index (χ2v) is 13.4. The van der Waals surface area contributed by atoms with E-state index in [-0.39, 0.29) is 61.8 Å². The molecule has 0 fully saturated rings. The number of H-pyrrole nitrogens is 1. The summed E-state index contributed by atoms with van der Waals surface area (Å²) in [6.45, 7) is 10.6. The Balaban J connectivity index is 1.83. The average molecular weight is 688 g/mol. The smallest absolute Gasteiger partial charge is 0.329 e. The number of hydrogen-bond donors (Lipinski definition) is 4. The van der Waals surface area contributed by atoms with Crippen LogP contribution in [0.15, 0.2) is 41.2 Å². The number of aromatic amines is 1. The molecule has 0 aliphatic rings. The molecule has 1 aromatic heterocycles. The Morgan fingerprint density at radius 1 is 1.02 bits per heavy atom. The highest BCUT2D eigenvalue weighted by atomic mass is 19.2. The normalized spacial score (nSPS) is 12.2. The van der Waals surface area contributed by atoms with E-state index in [0.717, 1.165) is 12.1 Å². The monoisotopic (exact) mass is 687 g/mol. The highest BCUT2D eigenvalue weighted by Gasteiger charge is 2.28. The molecule has 6 N–H and O–H groups in total. The third-order valence-electron chi connectivity index (χ3n) is 6.92. The molecule has 1 unspecified atom stereocenters. The van der Waals surface area contributed by atoms with Crippen LogP contribution >= 0.6 is 0 Å². The largest absolute Gasteiger partial charge is 0.460 e. The minimum Gasteiger partial charge on any atom is -0.460 e. The van der Waals surface area contributed by atoms with Gasteiger partial charge < -0.3 is 31.2 Å². The summed E-state index contributed by atoms with van der Waals surface area (Å²) < 4.78 is 40.8. The topological polar surface area (TPSA) is 209 Å². The van der Waals surface area contributed by atoms with Crippen LogP contribution in [0.4, 0.5) is 37.6 Å². The number of nitrogens with one attached hydrogen (secondary N) is 2. The Morgan fingerprint density at radius 2 is 1.65 bits per heavy atom. The Labute approximate surface area is 282 Å². The van der Waals surface area contributed by atoms with Gasteiger partial charge in [0, 0.05) is 31.3 Å². The van der Waals surface area contributed by atoms with Crippen molar-refractivity contribution >= 4 is 40.8 Å². The SMILES string of the molecule is CC(C)(C)OC(=O)CCC(Nc1ccc(CN(CCCc2c(N)nc(N)[nH]c2=O)c2ccc([N+](=O)[O-])c(F)c2F)cc1)C(=O)OC(C)(C)C. The van der Waals surface area contributed by atoms with E-state index in [1.54, 1.807) is 65.8 Å². The van der Waals surface area contributed by atoms with Gasteiger partial charge in [0.1, 0.15) is 23.1 Å². The van der Waals surface area contributed by atoms with Crippen molar-refractivity contribution in [2.45, 2.75) is 91.0 Å². The minimum atomic E-state index is -1.60. The molecule has 0 spiro atoms. The molecule has 0 bridgehead atoms. The van der Waals surface area contributed by atoms with Gasteiger partial charge in [0.15, 0.2) is 5.82 Å². The van der Waals surface area contributed by atoms with Crippen LogP contribution in [0.3, 0.4) is 0 Å². The summed E-state index contributed by atoms with van der Waals surface area (Å²) in [7, 11) is 0. The lowest BCUT2D eigenvalue weighted by Crippen LogP contribution is -2.37. The van der Waals surface area contributed by atoms with E-state index < -0.39 is 57.0 Å². The fourth-order valence-electron chi connectivity index (χ4n) is 4.83. The molecule has 1 atom stereocenters. The number of benzene rings is 2. The maximum absolute atomic E-state index is 15.2. The van der Waals surface area contributed by atoms with Crippen LogP contribution in [-0.4, -0.2) is 50.6 Å². The molecule has 3 rings (SSSR count). The zero-order chi connectivity index (χ0) is 36.7. The molecule has 0 amide bonds. The zero-order valence-corrected chi connectivity index (χ0v) is 28.4. The van der Waals surface area contributed by atoms with Gasteiger partial charge in [-0.2, -0.15) is 9.37 Å². The quantitative estimate of drug-likeness (QED) is 0.100. The van der Waals surface area contributed by atoms with E-state index in [1.807, 2.05) is 0 Å². The number of nitro benzene ring substituents is 1. The number of anilines is 4. The number of halogens is 2. The van der Waals surface area contributed by atoms with Gasteiger partial charge >= 0.3 is 17.6 Å². The van der Waals surface area contributed by atoms with Crippen molar-refractivity contribution in [2.24, 2.45) is 0 Å². The van der Waals surface area contributed by atoms with Crippen molar-refractivity contribution in [1.82, 2.24) is 9.97 Å². The summed E-state index contributed by atoms with van der Waals surface area (Å²) in [5.74, 6) is -4.22. The summed E-state index contributed by atoms with van der Waals surface area (Å²) in [6.07, 6.45) is 0.426. The zero-order valence-electron chi connectivity index (χ0n) is 28.4. The van der Waals surface area contributed by atoms with Crippen LogP contribution in [0.5, 0.6) is 0 Å². The number of nitrogens with zero attached hydrogens (tertiary/aromatic N) is 3.